The monoisotopic (exact) mass is 238 g/mol. The minimum Gasteiger partial charge on any atom is -0.382 e. The number of hydrogen-bond acceptors (Lipinski definition) is 6. The third kappa shape index (κ3) is 7.10. The van der Waals surface area contributed by atoms with Gasteiger partial charge in [0.25, 0.3) is 0 Å². The highest BCUT2D eigenvalue weighted by Crippen LogP contribution is 2.06. The van der Waals surface area contributed by atoms with Crippen LogP contribution >= 0.6 is 0 Å². The smallest absolute Gasteiger partial charge is 0.209 e. The molecule has 2 atom stereocenters. The van der Waals surface area contributed by atoms with Crippen LogP contribution in [0.1, 0.15) is 0 Å². The van der Waals surface area contributed by atoms with Gasteiger partial charge in [-0.3, -0.25) is 0 Å². The molecule has 0 aromatic heterocycles. The van der Waals surface area contributed by atoms with Gasteiger partial charge in [0.05, 0.1) is 26.4 Å². The van der Waals surface area contributed by atoms with E-state index in [2.05, 4.69) is 0 Å². The van der Waals surface area contributed by atoms with Crippen molar-refractivity contribution >= 4 is 0 Å². The van der Waals surface area contributed by atoms with E-state index < -0.39 is 12.6 Å². The van der Waals surface area contributed by atoms with Crippen LogP contribution in [0.15, 0.2) is 0 Å². The Hall–Kier alpha value is -0.240. The summed E-state index contributed by atoms with van der Waals surface area (Å²) in [4.78, 5) is 0. The molecule has 0 amide bonds. The lowest BCUT2D eigenvalue weighted by molar-refractivity contribution is -0.274. The molecule has 6 heteroatoms. The van der Waals surface area contributed by atoms with Crippen molar-refractivity contribution in [1.82, 2.24) is 0 Å². The molecule has 2 unspecified atom stereocenters. The molecule has 0 bridgehead atoms. The minimum absolute atomic E-state index is 0.419. The molecule has 0 aliphatic rings. The lowest BCUT2D eigenvalue weighted by atomic mass is 10.5. The fourth-order valence-electron chi connectivity index (χ4n) is 1.01. The van der Waals surface area contributed by atoms with Gasteiger partial charge < -0.3 is 28.4 Å². The predicted octanol–water partition coefficient (Wildman–Crippen LogP) is 0.257. The van der Waals surface area contributed by atoms with Crippen molar-refractivity contribution in [3.63, 3.8) is 0 Å². The Morgan fingerprint density at radius 1 is 0.625 bits per heavy atom. The molecule has 0 aliphatic carbocycles. The van der Waals surface area contributed by atoms with E-state index in [0.717, 1.165) is 0 Å². The molecule has 98 valence electrons. The first-order valence-electron chi connectivity index (χ1n) is 5.06. The first-order valence-corrected chi connectivity index (χ1v) is 5.06. The maximum Gasteiger partial charge on any atom is 0.209 e. The van der Waals surface area contributed by atoms with Gasteiger partial charge in [0.15, 0.2) is 0 Å². The third-order valence-electron chi connectivity index (χ3n) is 1.83. The van der Waals surface area contributed by atoms with Crippen molar-refractivity contribution in [3.8, 4) is 0 Å². The summed E-state index contributed by atoms with van der Waals surface area (Å²) in [6, 6.07) is 0. The van der Waals surface area contributed by atoms with Gasteiger partial charge in [-0.05, 0) is 0 Å². The second-order valence-electron chi connectivity index (χ2n) is 2.94. The van der Waals surface area contributed by atoms with Crippen LogP contribution in [-0.2, 0) is 28.4 Å². The Balaban J connectivity index is 3.85. The zero-order valence-electron chi connectivity index (χ0n) is 10.4. The van der Waals surface area contributed by atoms with E-state index in [4.69, 9.17) is 28.4 Å². The van der Waals surface area contributed by atoms with E-state index in [-0.39, 0.29) is 0 Å². The number of methoxy groups -OCH3 is 4. The number of hydrogen-bond donors (Lipinski definition) is 0. The Bertz CT molecular complexity index is 127. The molecule has 0 spiro atoms. The zero-order valence-corrected chi connectivity index (χ0v) is 10.4. The third-order valence-corrected chi connectivity index (χ3v) is 1.83. The summed E-state index contributed by atoms with van der Waals surface area (Å²) in [5.74, 6) is 0. The van der Waals surface area contributed by atoms with Crippen LogP contribution in [0.25, 0.3) is 0 Å². The van der Waals surface area contributed by atoms with Crippen LogP contribution in [0.4, 0.5) is 0 Å². The highest BCUT2D eigenvalue weighted by Gasteiger charge is 2.22. The lowest BCUT2D eigenvalue weighted by Crippen LogP contribution is -2.36. The summed E-state index contributed by atoms with van der Waals surface area (Å²) < 4.78 is 30.7. The van der Waals surface area contributed by atoms with Crippen molar-refractivity contribution in [3.05, 3.63) is 0 Å². The summed E-state index contributed by atoms with van der Waals surface area (Å²) in [5, 5.41) is 0. The van der Waals surface area contributed by atoms with E-state index in [0.29, 0.717) is 26.4 Å². The molecule has 0 aromatic carbocycles. The Labute approximate surface area is 96.7 Å². The molecule has 6 nitrogen and oxygen atoms in total. The zero-order chi connectivity index (χ0) is 12.2. The maximum absolute atomic E-state index is 5.38. The van der Waals surface area contributed by atoms with Crippen LogP contribution in [0.2, 0.25) is 0 Å². The molecule has 0 N–H and O–H groups in total. The largest absolute Gasteiger partial charge is 0.382 e. The molecule has 0 rings (SSSR count). The SMILES string of the molecule is COCCOC(OC)C(OC)OCCOC. The van der Waals surface area contributed by atoms with Gasteiger partial charge in [-0.15, -0.1) is 0 Å². The first-order chi connectivity index (χ1) is 7.79. The van der Waals surface area contributed by atoms with Gasteiger partial charge >= 0.3 is 0 Å². The average Bonchev–Trinajstić information content (AvgIpc) is 2.31. The molecule has 0 saturated carbocycles. The molecule has 0 radical (unpaired) electrons. The van der Waals surface area contributed by atoms with E-state index >= 15 is 0 Å². The fourth-order valence-corrected chi connectivity index (χ4v) is 1.01. The number of rotatable bonds is 11. The maximum atomic E-state index is 5.38. The standard InChI is InChI=1S/C10H22O6/c1-11-5-7-15-9(13-3)10(14-4)16-8-6-12-2/h9-10H,5-8H2,1-4H3. The topological polar surface area (TPSA) is 55.4 Å². The predicted molar refractivity (Wildman–Crippen MR) is 57.3 cm³/mol. The van der Waals surface area contributed by atoms with Gasteiger partial charge in [0, 0.05) is 28.4 Å². The van der Waals surface area contributed by atoms with E-state index in [1.165, 1.54) is 14.2 Å². The van der Waals surface area contributed by atoms with Crippen molar-refractivity contribution in [2.75, 3.05) is 54.9 Å². The highest BCUT2D eigenvalue weighted by atomic mass is 16.8. The second kappa shape index (κ2) is 11.3. The van der Waals surface area contributed by atoms with E-state index in [1.54, 1.807) is 14.2 Å². The van der Waals surface area contributed by atoms with Crippen molar-refractivity contribution in [2.24, 2.45) is 0 Å². The molecule has 0 heterocycles. The van der Waals surface area contributed by atoms with Gasteiger partial charge in [0.1, 0.15) is 0 Å². The molecule has 0 aromatic rings. The van der Waals surface area contributed by atoms with Crippen molar-refractivity contribution < 1.29 is 28.4 Å². The lowest BCUT2D eigenvalue weighted by Gasteiger charge is -2.24. The molecule has 0 aliphatic heterocycles. The fraction of sp³-hybridized carbons (Fsp3) is 1.00. The van der Waals surface area contributed by atoms with Crippen LogP contribution in [0.5, 0.6) is 0 Å². The van der Waals surface area contributed by atoms with Gasteiger partial charge in [-0.25, -0.2) is 0 Å². The molecule has 0 fully saturated rings. The Morgan fingerprint density at radius 3 is 1.25 bits per heavy atom. The average molecular weight is 238 g/mol. The van der Waals surface area contributed by atoms with Gasteiger partial charge in [-0.2, -0.15) is 0 Å². The van der Waals surface area contributed by atoms with Crippen LogP contribution in [0.3, 0.4) is 0 Å². The number of ether oxygens (including phenoxy) is 6. The summed E-state index contributed by atoms with van der Waals surface area (Å²) >= 11 is 0. The molecular weight excluding hydrogens is 216 g/mol. The summed E-state index contributed by atoms with van der Waals surface area (Å²) in [7, 11) is 6.27. The molecular formula is C10H22O6. The first kappa shape index (κ1) is 15.8. The van der Waals surface area contributed by atoms with Crippen LogP contribution < -0.4 is 0 Å². The van der Waals surface area contributed by atoms with Crippen molar-refractivity contribution in [1.29, 1.82) is 0 Å². The second-order valence-corrected chi connectivity index (χ2v) is 2.94. The van der Waals surface area contributed by atoms with Crippen LogP contribution in [0, 0.1) is 0 Å². The van der Waals surface area contributed by atoms with Crippen molar-refractivity contribution in [2.45, 2.75) is 12.6 Å². The van der Waals surface area contributed by atoms with Gasteiger partial charge in [0.2, 0.25) is 12.6 Å². The van der Waals surface area contributed by atoms with Crippen LogP contribution in [-0.4, -0.2) is 67.4 Å². The normalized spacial score (nSPS) is 15.0. The quantitative estimate of drug-likeness (QED) is 0.380. The van der Waals surface area contributed by atoms with E-state index in [1.807, 2.05) is 0 Å². The minimum atomic E-state index is -0.572. The molecule has 16 heavy (non-hydrogen) atoms. The Morgan fingerprint density at radius 2 is 1.00 bits per heavy atom. The summed E-state index contributed by atoms with van der Waals surface area (Å²) in [6.45, 7) is 1.83. The van der Waals surface area contributed by atoms with E-state index in [9.17, 15) is 0 Å². The molecule has 0 saturated heterocycles. The van der Waals surface area contributed by atoms with Gasteiger partial charge in [-0.1, -0.05) is 0 Å². The Kier molecular flexibility index (Phi) is 11.1. The summed E-state index contributed by atoms with van der Waals surface area (Å²) in [6.07, 6.45) is -1.14. The highest BCUT2D eigenvalue weighted by molar-refractivity contribution is 4.50. The summed E-state index contributed by atoms with van der Waals surface area (Å²) in [5.41, 5.74) is 0.